The molecule has 0 saturated heterocycles. The number of unbranched alkanes of at least 4 members (excludes halogenated alkanes) is 2. The molecule has 3 rings (SSSR count). The summed E-state index contributed by atoms with van der Waals surface area (Å²) >= 11 is 0. The van der Waals surface area contributed by atoms with Gasteiger partial charge < -0.3 is 19.5 Å². The SMILES string of the molecule is CCCCCC(CC(=O)Nc1cc(C(=O)OC)ccc1C(C)(C)C)c1cccc2c1OCCO2. The number of amides is 1. The standard InChI is InChI=1S/C28H37NO5/c1-6-7-8-10-19(21-11-9-12-24-26(21)34-16-15-33-24)18-25(30)29-23-17-20(27(31)32-5)13-14-22(23)28(2,3)4/h9,11-14,17,19H,6-8,10,15-16,18H2,1-5H3,(H,29,30). The van der Waals surface area contributed by atoms with Crippen LogP contribution in [0.4, 0.5) is 5.69 Å². The first-order chi connectivity index (χ1) is 16.2. The van der Waals surface area contributed by atoms with Crippen LogP contribution in [0.25, 0.3) is 0 Å². The Hall–Kier alpha value is -3.02. The number of methoxy groups -OCH3 is 1. The number of esters is 1. The second kappa shape index (κ2) is 11.4. The summed E-state index contributed by atoms with van der Waals surface area (Å²) in [6.07, 6.45) is 4.45. The fourth-order valence-corrected chi connectivity index (χ4v) is 4.40. The number of anilines is 1. The molecule has 6 heteroatoms. The molecule has 6 nitrogen and oxygen atoms in total. The second-order valence-electron chi connectivity index (χ2n) is 9.82. The Kier molecular flexibility index (Phi) is 8.59. The molecule has 1 unspecified atom stereocenters. The van der Waals surface area contributed by atoms with Crippen LogP contribution in [-0.2, 0) is 14.9 Å². The Labute approximate surface area is 203 Å². The van der Waals surface area contributed by atoms with E-state index in [4.69, 9.17) is 14.2 Å². The fraction of sp³-hybridized carbons (Fsp3) is 0.500. The number of fused-ring (bicyclic) bond motifs is 1. The first-order valence-corrected chi connectivity index (χ1v) is 12.2. The molecule has 2 aromatic carbocycles. The largest absolute Gasteiger partial charge is 0.486 e. The number of rotatable bonds is 9. The van der Waals surface area contributed by atoms with Gasteiger partial charge in [0.05, 0.1) is 12.7 Å². The molecule has 0 radical (unpaired) electrons. The zero-order valence-electron chi connectivity index (χ0n) is 21.0. The zero-order chi connectivity index (χ0) is 24.7. The lowest BCUT2D eigenvalue weighted by atomic mass is 9.85. The summed E-state index contributed by atoms with van der Waals surface area (Å²) in [5, 5.41) is 3.09. The van der Waals surface area contributed by atoms with Crippen LogP contribution in [-0.4, -0.2) is 32.2 Å². The van der Waals surface area contributed by atoms with Gasteiger partial charge in [0.25, 0.3) is 0 Å². The topological polar surface area (TPSA) is 73.9 Å². The molecule has 0 aliphatic carbocycles. The van der Waals surface area contributed by atoms with Crippen LogP contribution in [0.2, 0.25) is 0 Å². The lowest BCUT2D eigenvalue weighted by Crippen LogP contribution is -2.22. The van der Waals surface area contributed by atoms with Gasteiger partial charge in [0.15, 0.2) is 11.5 Å². The minimum Gasteiger partial charge on any atom is -0.486 e. The predicted octanol–water partition coefficient (Wildman–Crippen LogP) is 6.23. The number of carbonyl (C=O) groups is 2. The summed E-state index contributed by atoms with van der Waals surface area (Å²) in [5.74, 6) is 0.978. The average molecular weight is 468 g/mol. The van der Waals surface area contributed by atoms with Crippen LogP contribution in [0, 0.1) is 0 Å². The Morgan fingerprint density at radius 3 is 2.56 bits per heavy atom. The molecule has 184 valence electrons. The van der Waals surface area contributed by atoms with Gasteiger partial charge in [-0.05, 0) is 41.5 Å². The maximum Gasteiger partial charge on any atom is 0.337 e. The van der Waals surface area contributed by atoms with Gasteiger partial charge in [-0.2, -0.15) is 0 Å². The molecule has 1 N–H and O–H groups in total. The van der Waals surface area contributed by atoms with Crippen LogP contribution in [0.5, 0.6) is 11.5 Å². The lowest BCUT2D eigenvalue weighted by molar-refractivity contribution is -0.116. The summed E-state index contributed by atoms with van der Waals surface area (Å²) in [7, 11) is 1.35. The summed E-state index contributed by atoms with van der Waals surface area (Å²) in [6.45, 7) is 9.45. The third-order valence-electron chi connectivity index (χ3n) is 6.15. The van der Waals surface area contributed by atoms with Crippen molar-refractivity contribution in [1.29, 1.82) is 0 Å². The predicted molar refractivity (Wildman–Crippen MR) is 134 cm³/mol. The molecule has 0 saturated carbocycles. The molecule has 1 aliphatic heterocycles. The minimum absolute atomic E-state index is 0.00470. The number of ether oxygens (including phenoxy) is 3. The van der Waals surface area contributed by atoms with E-state index in [1.165, 1.54) is 7.11 Å². The van der Waals surface area contributed by atoms with Crippen molar-refractivity contribution in [2.75, 3.05) is 25.6 Å². The highest BCUT2D eigenvalue weighted by atomic mass is 16.6. The molecular weight excluding hydrogens is 430 g/mol. The Bertz CT molecular complexity index is 1010. The van der Waals surface area contributed by atoms with Crippen LogP contribution in [0.1, 0.15) is 87.2 Å². The van der Waals surface area contributed by atoms with Gasteiger partial charge in [-0.25, -0.2) is 4.79 Å². The highest BCUT2D eigenvalue weighted by molar-refractivity contribution is 5.96. The van der Waals surface area contributed by atoms with E-state index in [9.17, 15) is 9.59 Å². The van der Waals surface area contributed by atoms with Gasteiger partial charge in [0.1, 0.15) is 13.2 Å². The van der Waals surface area contributed by atoms with Crippen LogP contribution in [0.3, 0.4) is 0 Å². The van der Waals surface area contributed by atoms with E-state index < -0.39 is 5.97 Å². The minimum atomic E-state index is -0.429. The highest BCUT2D eigenvalue weighted by Gasteiger charge is 2.26. The van der Waals surface area contributed by atoms with Crippen molar-refractivity contribution in [1.82, 2.24) is 0 Å². The van der Waals surface area contributed by atoms with Gasteiger partial charge in [-0.3, -0.25) is 4.79 Å². The van der Waals surface area contributed by atoms with Crippen LogP contribution < -0.4 is 14.8 Å². The first kappa shape index (κ1) is 25.6. The van der Waals surface area contributed by atoms with E-state index in [2.05, 4.69) is 33.0 Å². The molecule has 34 heavy (non-hydrogen) atoms. The third-order valence-corrected chi connectivity index (χ3v) is 6.15. The Balaban J connectivity index is 1.87. The zero-order valence-corrected chi connectivity index (χ0v) is 21.0. The van der Waals surface area contributed by atoms with E-state index in [-0.39, 0.29) is 17.2 Å². The maximum absolute atomic E-state index is 13.3. The van der Waals surface area contributed by atoms with Crippen LogP contribution in [0.15, 0.2) is 36.4 Å². The normalized spacial score (nSPS) is 13.8. The molecule has 1 heterocycles. The van der Waals surface area contributed by atoms with Crippen molar-refractivity contribution in [2.24, 2.45) is 0 Å². The Morgan fingerprint density at radius 2 is 1.85 bits per heavy atom. The fourth-order valence-electron chi connectivity index (χ4n) is 4.40. The monoisotopic (exact) mass is 467 g/mol. The molecule has 0 spiro atoms. The van der Waals surface area contributed by atoms with Crippen molar-refractivity contribution < 1.29 is 23.8 Å². The van der Waals surface area contributed by atoms with E-state index >= 15 is 0 Å². The first-order valence-electron chi connectivity index (χ1n) is 12.2. The van der Waals surface area contributed by atoms with Gasteiger partial charge in [0.2, 0.25) is 5.91 Å². The lowest BCUT2D eigenvalue weighted by Gasteiger charge is -2.26. The highest BCUT2D eigenvalue weighted by Crippen LogP contribution is 2.41. The van der Waals surface area contributed by atoms with Crippen molar-refractivity contribution in [2.45, 2.75) is 71.1 Å². The van der Waals surface area contributed by atoms with Gasteiger partial charge in [-0.1, -0.05) is 65.2 Å². The van der Waals surface area contributed by atoms with E-state index in [1.54, 1.807) is 12.1 Å². The molecular formula is C28H37NO5. The average Bonchev–Trinajstić information content (AvgIpc) is 2.82. The van der Waals surface area contributed by atoms with Crippen LogP contribution >= 0.6 is 0 Å². The number of para-hydroxylation sites is 1. The number of nitrogens with one attached hydrogen (secondary N) is 1. The second-order valence-corrected chi connectivity index (χ2v) is 9.82. The van der Waals surface area contributed by atoms with Crippen molar-refractivity contribution in [3.05, 3.63) is 53.1 Å². The molecule has 1 atom stereocenters. The maximum atomic E-state index is 13.3. The van der Waals surface area contributed by atoms with Crippen molar-refractivity contribution >= 4 is 17.6 Å². The van der Waals surface area contributed by atoms with Crippen molar-refractivity contribution in [3.63, 3.8) is 0 Å². The smallest absolute Gasteiger partial charge is 0.337 e. The summed E-state index contributed by atoms with van der Waals surface area (Å²) in [5.41, 5.74) is 2.82. The summed E-state index contributed by atoms with van der Waals surface area (Å²) in [4.78, 5) is 25.4. The van der Waals surface area contributed by atoms with Crippen molar-refractivity contribution in [3.8, 4) is 11.5 Å². The summed E-state index contributed by atoms with van der Waals surface area (Å²) < 4.78 is 16.6. The summed E-state index contributed by atoms with van der Waals surface area (Å²) in [6, 6.07) is 11.2. The number of benzene rings is 2. The molecule has 0 fully saturated rings. The Morgan fingerprint density at radius 1 is 1.09 bits per heavy atom. The number of hydrogen-bond acceptors (Lipinski definition) is 5. The molecule has 0 bridgehead atoms. The van der Waals surface area contributed by atoms with E-state index in [1.807, 2.05) is 24.3 Å². The number of carbonyl (C=O) groups excluding carboxylic acids is 2. The molecule has 2 aromatic rings. The molecule has 0 aromatic heterocycles. The van der Waals surface area contributed by atoms with Gasteiger partial charge >= 0.3 is 5.97 Å². The van der Waals surface area contributed by atoms with Gasteiger partial charge in [-0.15, -0.1) is 0 Å². The van der Waals surface area contributed by atoms with E-state index in [0.29, 0.717) is 30.9 Å². The number of hydrogen-bond donors (Lipinski definition) is 1. The third kappa shape index (κ3) is 6.31. The van der Waals surface area contributed by atoms with Gasteiger partial charge in [0, 0.05) is 17.7 Å². The molecule has 1 aliphatic rings. The quantitative estimate of drug-likeness (QED) is 0.349. The van der Waals surface area contributed by atoms with E-state index in [0.717, 1.165) is 48.3 Å². The molecule has 1 amide bonds.